The Labute approximate surface area is 248 Å². The van der Waals surface area contributed by atoms with Crippen molar-refractivity contribution < 1.29 is 46.3 Å². The van der Waals surface area contributed by atoms with Crippen LogP contribution in [0.1, 0.15) is 50.4 Å². The molecule has 0 saturated heterocycles. The smallest absolute Gasteiger partial charge is 0.343 e. The molecule has 0 radical (unpaired) electrons. The summed E-state index contributed by atoms with van der Waals surface area (Å²) in [5.74, 6) is 0.164. The molecule has 0 spiro atoms. The van der Waals surface area contributed by atoms with Gasteiger partial charge in [-0.25, -0.2) is 4.79 Å². The minimum Gasteiger partial charge on any atom is -0.507 e. The number of esters is 1. The van der Waals surface area contributed by atoms with Gasteiger partial charge in [0.1, 0.15) is 34.8 Å². The Bertz CT molecular complexity index is 1520. The first-order chi connectivity index (χ1) is 19.3. The second-order valence-corrected chi connectivity index (χ2v) is 8.43. The number of aromatic hydroxyl groups is 2. The summed E-state index contributed by atoms with van der Waals surface area (Å²) in [6.07, 6.45) is 3.85. The summed E-state index contributed by atoms with van der Waals surface area (Å²) < 4.78 is 10.9. The van der Waals surface area contributed by atoms with Gasteiger partial charge in [-0.2, -0.15) is 0 Å². The van der Waals surface area contributed by atoms with Gasteiger partial charge < -0.3 is 19.7 Å². The van der Waals surface area contributed by atoms with Gasteiger partial charge in [-0.05, 0) is 83.4 Å². The van der Waals surface area contributed by atoms with E-state index in [1.165, 1.54) is 24.3 Å². The van der Waals surface area contributed by atoms with Crippen molar-refractivity contribution in [1.82, 2.24) is 0 Å². The number of benzene rings is 4. The standard InChI is InChI=1S/C17H16O3.C15H11NO4.Fe/c1-3-13-4-7-16(8-5-13)20-12(2)14-6-9-17(19)15(10-14)11-18;1-2-10-3-6-12(7-4-10)20-15(18)11-5-8-14(17)13(9-11)16-19;/h3-12,19H,1H2,2H3;2-9,17H,1H2;. The van der Waals surface area contributed by atoms with E-state index in [9.17, 15) is 24.7 Å². The first-order valence-electron chi connectivity index (χ1n) is 12.1. The van der Waals surface area contributed by atoms with Crippen molar-refractivity contribution in [3.05, 3.63) is 131 Å². The van der Waals surface area contributed by atoms with Crippen LogP contribution in [0.5, 0.6) is 23.0 Å². The van der Waals surface area contributed by atoms with Crippen LogP contribution < -0.4 is 9.47 Å². The Morgan fingerprint density at radius 3 is 1.93 bits per heavy atom. The zero-order valence-electron chi connectivity index (χ0n) is 22.0. The molecule has 0 aromatic heterocycles. The molecular weight excluding hydrogens is 566 g/mol. The fourth-order valence-electron chi connectivity index (χ4n) is 3.44. The molecule has 4 aromatic carbocycles. The van der Waals surface area contributed by atoms with E-state index < -0.39 is 5.97 Å². The Balaban J connectivity index is 0.000000280. The van der Waals surface area contributed by atoms with Crippen LogP contribution in [0, 0.1) is 4.91 Å². The van der Waals surface area contributed by atoms with E-state index in [0.29, 0.717) is 12.0 Å². The number of hydrogen-bond acceptors (Lipinski definition) is 8. The number of hydrogen-bond donors (Lipinski definition) is 2. The molecule has 9 heteroatoms. The molecule has 1 unspecified atom stereocenters. The Morgan fingerprint density at radius 1 is 0.829 bits per heavy atom. The van der Waals surface area contributed by atoms with Gasteiger partial charge in [-0.3, -0.25) is 4.79 Å². The molecule has 8 nitrogen and oxygen atoms in total. The molecule has 2 N–H and O–H groups in total. The minimum absolute atomic E-state index is 0. The van der Waals surface area contributed by atoms with Gasteiger partial charge in [0.2, 0.25) is 0 Å². The predicted octanol–water partition coefficient (Wildman–Crippen LogP) is 7.64. The zero-order valence-corrected chi connectivity index (χ0v) is 23.1. The quantitative estimate of drug-likeness (QED) is 0.0672. The van der Waals surface area contributed by atoms with Gasteiger partial charge >= 0.3 is 5.97 Å². The van der Waals surface area contributed by atoms with Crippen LogP contribution in [-0.2, 0) is 17.1 Å². The summed E-state index contributed by atoms with van der Waals surface area (Å²) >= 11 is 0. The molecule has 0 bridgehead atoms. The topological polar surface area (TPSA) is 122 Å². The molecule has 4 aromatic rings. The van der Waals surface area contributed by atoms with E-state index in [1.54, 1.807) is 48.6 Å². The van der Waals surface area contributed by atoms with E-state index in [0.717, 1.165) is 22.4 Å². The Hall–Kier alpha value is -4.98. The molecule has 0 aliphatic heterocycles. The van der Waals surface area contributed by atoms with E-state index in [-0.39, 0.29) is 51.5 Å². The van der Waals surface area contributed by atoms with Crippen LogP contribution in [0.2, 0.25) is 0 Å². The maximum absolute atomic E-state index is 11.9. The van der Waals surface area contributed by atoms with Crippen LogP contribution in [0.4, 0.5) is 5.69 Å². The summed E-state index contributed by atoms with van der Waals surface area (Å²) in [5.41, 5.74) is 2.95. The average molecular weight is 593 g/mol. The van der Waals surface area contributed by atoms with Crippen molar-refractivity contribution in [3.63, 3.8) is 0 Å². The summed E-state index contributed by atoms with van der Waals surface area (Å²) in [6, 6.07) is 23.0. The predicted molar refractivity (Wildman–Crippen MR) is 154 cm³/mol. The average Bonchev–Trinajstić information content (AvgIpc) is 2.98. The van der Waals surface area contributed by atoms with Gasteiger partial charge in [-0.1, -0.05) is 55.6 Å². The van der Waals surface area contributed by atoms with Crippen molar-refractivity contribution in [2.24, 2.45) is 5.18 Å². The zero-order chi connectivity index (χ0) is 29.1. The van der Waals surface area contributed by atoms with Crippen molar-refractivity contribution in [3.8, 4) is 23.0 Å². The molecule has 41 heavy (non-hydrogen) atoms. The van der Waals surface area contributed by atoms with Crippen LogP contribution in [0.3, 0.4) is 0 Å². The normalized spacial score (nSPS) is 10.5. The molecule has 0 heterocycles. The minimum atomic E-state index is -0.638. The van der Waals surface area contributed by atoms with Crippen LogP contribution >= 0.6 is 0 Å². The summed E-state index contributed by atoms with van der Waals surface area (Å²) in [4.78, 5) is 33.2. The third-order valence-corrected chi connectivity index (χ3v) is 5.71. The van der Waals surface area contributed by atoms with Gasteiger partial charge in [0.25, 0.3) is 0 Å². The van der Waals surface area contributed by atoms with Gasteiger partial charge in [0.15, 0.2) is 6.29 Å². The number of phenolic OH excluding ortho intramolecular Hbond substituents is 2. The molecule has 0 fully saturated rings. The number of nitrogens with zero attached hydrogens (tertiary/aromatic N) is 1. The van der Waals surface area contributed by atoms with Crippen molar-refractivity contribution >= 4 is 30.1 Å². The van der Waals surface area contributed by atoms with Crippen molar-refractivity contribution in [1.29, 1.82) is 0 Å². The molecule has 0 amide bonds. The second-order valence-electron chi connectivity index (χ2n) is 8.43. The van der Waals surface area contributed by atoms with Gasteiger partial charge in [-0.15, -0.1) is 4.91 Å². The van der Waals surface area contributed by atoms with Crippen molar-refractivity contribution in [2.45, 2.75) is 13.0 Å². The third kappa shape index (κ3) is 9.03. The number of ether oxygens (including phenoxy) is 2. The first kappa shape index (κ1) is 32.2. The molecular formula is C32H27FeNO7. The number of rotatable bonds is 9. The monoisotopic (exact) mass is 593 g/mol. The third-order valence-electron chi connectivity index (χ3n) is 5.71. The van der Waals surface area contributed by atoms with Gasteiger partial charge in [0, 0.05) is 17.1 Å². The molecule has 0 saturated carbocycles. The molecule has 0 aliphatic carbocycles. The van der Waals surface area contributed by atoms with E-state index in [4.69, 9.17) is 9.47 Å². The van der Waals surface area contributed by atoms with E-state index in [2.05, 4.69) is 18.3 Å². The van der Waals surface area contributed by atoms with Crippen LogP contribution in [0.25, 0.3) is 12.2 Å². The SMILES string of the molecule is C=Cc1ccc(OC(=O)c2ccc(O)c(N=O)c2)cc1.C=Cc1ccc(OC(C)c2ccc(O)c(C=O)c2)cc1.[Fe]. The van der Waals surface area contributed by atoms with Crippen LogP contribution in [0.15, 0.2) is 103 Å². The molecule has 0 aliphatic rings. The number of carbonyl (C=O) groups is 2. The van der Waals surface area contributed by atoms with Crippen molar-refractivity contribution in [2.75, 3.05) is 0 Å². The van der Waals surface area contributed by atoms with Gasteiger partial charge in [0.05, 0.1) is 11.1 Å². The fourth-order valence-corrected chi connectivity index (χ4v) is 3.44. The Morgan fingerprint density at radius 2 is 1.39 bits per heavy atom. The second kappa shape index (κ2) is 15.6. The maximum Gasteiger partial charge on any atom is 0.343 e. The van der Waals surface area contributed by atoms with E-state index >= 15 is 0 Å². The summed E-state index contributed by atoms with van der Waals surface area (Å²) in [5, 5.41) is 21.4. The summed E-state index contributed by atoms with van der Waals surface area (Å²) in [7, 11) is 0. The maximum atomic E-state index is 11.9. The molecule has 210 valence electrons. The largest absolute Gasteiger partial charge is 0.507 e. The number of aldehydes is 1. The van der Waals surface area contributed by atoms with Crippen LogP contribution in [-0.4, -0.2) is 22.5 Å². The molecule has 1 atom stereocenters. The fraction of sp³-hybridized carbons (Fsp3) is 0.0625. The number of carbonyl (C=O) groups excluding carboxylic acids is 2. The van der Waals surface area contributed by atoms with E-state index in [1.807, 2.05) is 31.2 Å². The number of phenols is 2. The Kier molecular flexibility index (Phi) is 12.2. The summed E-state index contributed by atoms with van der Waals surface area (Å²) in [6.45, 7) is 9.22. The number of nitroso groups, excluding NO2 is 1. The molecule has 4 rings (SSSR count). The first-order valence-corrected chi connectivity index (χ1v) is 12.1.